The van der Waals surface area contributed by atoms with E-state index in [-0.39, 0.29) is 30.7 Å². The molecule has 0 unspecified atom stereocenters. The van der Waals surface area contributed by atoms with Crippen molar-refractivity contribution >= 4 is 14.0 Å². The van der Waals surface area contributed by atoms with E-state index in [4.69, 9.17) is 18.9 Å². The zero-order chi connectivity index (χ0) is 17.1. The maximum atomic E-state index is 12.4. The maximum absolute atomic E-state index is 12.4. The summed E-state index contributed by atoms with van der Waals surface area (Å²) in [6.07, 6.45) is 3.94. The second kappa shape index (κ2) is 5.27. The van der Waals surface area contributed by atoms with Crippen molar-refractivity contribution in [2.75, 3.05) is 13.9 Å². The second-order valence-electron chi connectivity index (χ2n) is 7.69. The molecule has 0 saturated carbocycles. The van der Waals surface area contributed by atoms with E-state index in [0.717, 1.165) is 5.56 Å². The fraction of sp³-hybridized carbons (Fsp3) is 0.500. The Hall–Kier alpha value is -1.95. The molecule has 0 radical (unpaired) electrons. The van der Waals surface area contributed by atoms with Gasteiger partial charge in [-0.15, -0.1) is 0 Å². The van der Waals surface area contributed by atoms with Crippen molar-refractivity contribution in [3.05, 3.63) is 29.8 Å². The average molecular weight is 346 g/mol. The fourth-order valence-corrected chi connectivity index (χ4v) is 6.88. The highest BCUT2D eigenvalue weighted by molar-refractivity contribution is 6.78. The first-order chi connectivity index (χ1) is 11.4. The van der Waals surface area contributed by atoms with E-state index in [9.17, 15) is 4.79 Å². The Kier molecular flexibility index (Phi) is 3.42. The van der Waals surface area contributed by atoms with Gasteiger partial charge in [0.25, 0.3) is 0 Å². The zero-order valence-corrected chi connectivity index (χ0v) is 15.4. The van der Waals surface area contributed by atoms with Gasteiger partial charge in [0, 0.05) is 11.5 Å². The fourth-order valence-electron chi connectivity index (χ4n) is 4.24. The molecule has 5 rings (SSSR count). The van der Waals surface area contributed by atoms with Crippen LogP contribution in [0.4, 0.5) is 0 Å². The van der Waals surface area contributed by atoms with Gasteiger partial charge in [-0.1, -0.05) is 25.7 Å². The molecule has 128 valence electrons. The molecule has 0 N–H and O–H groups in total. The van der Waals surface area contributed by atoms with Gasteiger partial charge in [-0.2, -0.15) is 0 Å². The molecule has 2 bridgehead atoms. The molecule has 1 aliphatic carbocycles. The minimum Gasteiger partial charge on any atom is -0.493 e. The number of methoxy groups -OCH3 is 1. The predicted octanol–water partition coefficient (Wildman–Crippen LogP) is 3.33. The number of rotatable bonds is 3. The topological polar surface area (TPSA) is 54.0 Å². The number of esters is 1. The molecule has 3 heterocycles. The number of fused-ring (bicyclic) bond motifs is 3. The molecule has 4 aliphatic rings. The molecule has 1 saturated heterocycles. The highest BCUT2D eigenvalue weighted by Gasteiger charge is 2.52. The third kappa shape index (κ3) is 2.23. The number of benzene rings is 1. The van der Waals surface area contributed by atoms with Gasteiger partial charge in [-0.05, 0) is 23.8 Å². The zero-order valence-electron chi connectivity index (χ0n) is 14.4. The van der Waals surface area contributed by atoms with Crippen LogP contribution in [0.5, 0.6) is 17.2 Å². The van der Waals surface area contributed by atoms with Gasteiger partial charge in [-0.3, -0.25) is 4.79 Å². The van der Waals surface area contributed by atoms with E-state index >= 15 is 0 Å². The number of ether oxygens (including phenoxy) is 4. The first kappa shape index (κ1) is 15.6. The molecule has 1 aromatic rings. The number of hydrogen-bond acceptors (Lipinski definition) is 5. The van der Waals surface area contributed by atoms with Crippen molar-refractivity contribution in [2.24, 2.45) is 5.92 Å². The van der Waals surface area contributed by atoms with Crippen LogP contribution in [0.25, 0.3) is 0 Å². The lowest BCUT2D eigenvalue weighted by molar-refractivity contribution is -0.158. The molecule has 24 heavy (non-hydrogen) atoms. The van der Waals surface area contributed by atoms with E-state index in [1.807, 2.05) is 18.2 Å². The van der Waals surface area contributed by atoms with E-state index in [1.54, 1.807) is 7.11 Å². The summed E-state index contributed by atoms with van der Waals surface area (Å²) < 4.78 is 22.2. The highest BCUT2D eigenvalue weighted by atomic mass is 28.3. The summed E-state index contributed by atoms with van der Waals surface area (Å²) in [5.74, 6) is 1.72. The van der Waals surface area contributed by atoms with Crippen LogP contribution in [0.1, 0.15) is 11.5 Å². The van der Waals surface area contributed by atoms with E-state index in [2.05, 4.69) is 25.7 Å². The number of carbonyl (C=O) groups excluding carboxylic acids is 1. The molecule has 1 fully saturated rings. The molecule has 3 aliphatic heterocycles. The van der Waals surface area contributed by atoms with Gasteiger partial charge >= 0.3 is 5.97 Å². The molecule has 4 atom stereocenters. The summed E-state index contributed by atoms with van der Waals surface area (Å²) in [5, 5.41) is 0. The van der Waals surface area contributed by atoms with Crippen molar-refractivity contribution in [2.45, 2.75) is 37.2 Å². The second-order valence-corrected chi connectivity index (χ2v) is 13.1. The van der Waals surface area contributed by atoms with E-state index < -0.39 is 8.07 Å². The monoisotopic (exact) mass is 346 g/mol. The molecular weight excluding hydrogens is 324 g/mol. The lowest BCUT2D eigenvalue weighted by Gasteiger charge is -2.48. The summed E-state index contributed by atoms with van der Waals surface area (Å²) in [5.41, 5.74) is 1.40. The lowest BCUT2D eigenvalue weighted by atomic mass is 9.75. The normalized spacial score (nSPS) is 30.4. The van der Waals surface area contributed by atoms with Crippen LogP contribution in [-0.2, 0) is 9.53 Å². The van der Waals surface area contributed by atoms with E-state index in [0.29, 0.717) is 22.8 Å². The van der Waals surface area contributed by atoms with Crippen LogP contribution in [-0.4, -0.2) is 34.0 Å². The van der Waals surface area contributed by atoms with Crippen molar-refractivity contribution < 1.29 is 23.7 Å². The SMILES string of the molecule is COc1cc([C@H]2[C@H]([Si](C)(C)C)[C@H]3C=C[C@@H]2C(=O)O3)cc2c1OCO2. The third-order valence-corrected chi connectivity index (χ3v) is 7.91. The third-order valence-electron chi connectivity index (χ3n) is 5.23. The van der Waals surface area contributed by atoms with Crippen LogP contribution in [0, 0.1) is 5.92 Å². The Labute approximate surface area is 142 Å². The van der Waals surface area contributed by atoms with E-state index in [1.165, 1.54) is 0 Å². The number of hydrogen-bond donors (Lipinski definition) is 0. The van der Waals surface area contributed by atoms with Gasteiger partial charge in [0.2, 0.25) is 12.5 Å². The summed E-state index contributed by atoms with van der Waals surface area (Å²) in [6, 6.07) is 4.00. The summed E-state index contributed by atoms with van der Waals surface area (Å²) in [7, 11) is 0.0433. The molecule has 0 spiro atoms. The molecule has 5 nitrogen and oxygen atoms in total. The van der Waals surface area contributed by atoms with Crippen LogP contribution in [0.15, 0.2) is 24.3 Å². The van der Waals surface area contributed by atoms with Crippen molar-refractivity contribution in [3.63, 3.8) is 0 Å². The van der Waals surface area contributed by atoms with Crippen LogP contribution in [0.2, 0.25) is 25.2 Å². The molecular formula is C18H22O5Si. The van der Waals surface area contributed by atoms with Crippen LogP contribution >= 0.6 is 0 Å². The smallest absolute Gasteiger partial charge is 0.314 e. The van der Waals surface area contributed by atoms with Gasteiger partial charge < -0.3 is 18.9 Å². The largest absolute Gasteiger partial charge is 0.493 e. The summed E-state index contributed by atoms with van der Waals surface area (Å²) in [4.78, 5) is 12.4. The first-order valence-electron chi connectivity index (χ1n) is 8.26. The number of carbonyl (C=O) groups is 1. The Balaban J connectivity index is 1.84. The van der Waals surface area contributed by atoms with Gasteiger partial charge in [0.15, 0.2) is 11.5 Å². The molecule has 6 heteroatoms. The molecule has 0 aromatic heterocycles. The van der Waals surface area contributed by atoms with Crippen molar-refractivity contribution in [3.8, 4) is 17.2 Å². The van der Waals surface area contributed by atoms with Crippen molar-refractivity contribution in [1.82, 2.24) is 0 Å². The first-order valence-corrected chi connectivity index (χ1v) is 11.8. The maximum Gasteiger partial charge on any atom is 0.314 e. The summed E-state index contributed by atoms with van der Waals surface area (Å²) in [6.45, 7) is 7.19. The Morgan fingerprint density at radius 2 is 1.96 bits per heavy atom. The van der Waals surface area contributed by atoms with Crippen LogP contribution in [0.3, 0.4) is 0 Å². The van der Waals surface area contributed by atoms with Crippen LogP contribution < -0.4 is 14.2 Å². The van der Waals surface area contributed by atoms with Gasteiger partial charge in [0.05, 0.1) is 21.1 Å². The summed E-state index contributed by atoms with van der Waals surface area (Å²) >= 11 is 0. The predicted molar refractivity (Wildman–Crippen MR) is 91.5 cm³/mol. The Morgan fingerprint density at radius 1 is 1.17 bits per heavy atom. The van der Waals surface area contributed by atoms with Gasteiger partial charge in [0.1, 0.15) is 6.10 Å². The standard InChI is InChI=1S/C18H22O5Si/c1-20-13-7-10(8-14-16(13)22-9-21-14)15-11-5-6-12(23-18(11)19)17(15)24(2,3)4/h5-8,11-12,15,17H,9H2,1-4H3/t11-,12+,15+,17+/m0/s1. The Bertz CT molecular complexity index is 721. The molecule has 0 amide bonds. The van der Waals surface area contributed by atoms with Gasteiger partial charge in [-0.25, -0.2) is 0 Å². The minimum absolute atomic E-state index is 0.0938. The Morgan fingerprint density at radius 3 is 2.62 bits per heavy atom. The lowest BCUT2D eigenvalue weighted by Crippen LogP contribution is -2.51. The highest BCUT2D eigenvalue weighted by Crippen LogP contribution is 2.55. The van der Waals surface area contributed by atoms with Crippen molar-refractivity contribution in [1.29, 1.82) is 0 Å². The average Bonchev–Trinajstić information content (AvgIpc) is 3.01. The quantitative estimate of drug-likeness (QED) is 0.477. The minimum atomic E-state index is -1.58. The molecule has 1 aromatic carbocycles.